The summed E-state index contributed by atoms with van der Waals surface area (Å²) in [6, 6.07) is 5.87. The molecule has 1 amide bonds. The van der Waals surface area contributed by atoms with Gasteiger partial charge in [0.15, 0.2) is 0 Å². The number of hydrogen-bond acceptors (Lipinski definition) is 5. The van der Waals surface area contributed by atoms with Crippen LogP contribution in [0.15, 0.2) is 29.4 Å². The summed E-state index contributed by atoms with van der Waals surface area (Å²) in [5, 5.41) is 10.9. The van der Waals surface area contributed by atoms with Crippen LogP contribution in [-0.2, 0) is 4.79 Å². The quantitative estimate of drug-likeness (QED) is 0.558. The van der Waals surface area contributed by atoms with Gasteiger partial charge in [0.25, 0.3) is 0 Å². The predicted octanol–water partition coefficient (Wildman–Crippen LogP) is 1.02. The Morgan fingerprint density at radius 3 is 3.05 bits per heavy atom. The number of pyridine rings is 1. The second kappa shape index (κ2) is 7.44. The van der Waals surface area contributed by atoms with Gasteiger partial charge in [-0.1, -0.05) is 6.07 Å². The van der Waals surface area contributed by atoms with Crippen LogP contribution in [-0.4, -0.2) is 48.9 Å². The van der Waals surface area contributed by atoms with Gasteiger partial charge >= 0.3 is 0 Å². The Hall–Kier alpha value is -1.11. The van der Waals surface area contributed by atoms with Gasteiger partial charge in [0.2, 0.25) is 5.91 Å². The maximum atomic E-state index is 12.3. The zero-order chi connectivity index (χ0) is 15.3. The minimum absolute atomic E-state index is 0.0158. The molecule has 2 fully saturated rings. The average molecular weight is 320 g/mol. The summed E-state index contributed by atoms with van der Waals surface area (Å²) in [6.45, 7) is 3.83. The number of aromatic nitrogens is 1. The molecule has 2 saturated heterocycles. The van der Waals surface area contributed by atoms with Crippen LogP contribution in [0.25, 0.3) is 0 Å². The lowest BCUT2D eigenvalue weighted by Crippen LogP contribution is -2.41. The Kier molecular flexibility index (Phi) is 5.33. The first kappa shape index (κ1) is 15.8. The number of piperidine rings is 1. The molecule has 0 aliphatic carbocycles. The van der Waals surface area contributed by atoms with Crippen LogP contribution >= 0.6 is 11.8 Å². The van der Waals surface area contributed by atoms with Gasteiger partial charge < -0.3 is 16.0 Å². The number of carbonyl (C=O) groups is 1. The van der Waals surface area contributed by atoms with Gasteiger partial charge in [-0.15, -0.1) is 11.8 Å². The summed E-state index contributed by atoms with van der Waals surface area (Å²) in [5.41, 5.74) is 0.343. The molecule has 3 rings (SSSR count). The van der Waals surface area contributed by atoms with Crippen molar-refractivity contribution < 1.29 is 4.79 Å². The molecule has 5 nitrogen and oxygen atoms in total. The fourth-order valence-electron chi connectivity index (χ4n) is 3.33. The van der Waals surface area contributed by atoms with E-state index in [-0.39, 0.29) is 11.9 Å². The van der Waals surface area contributed by atoms with Crippen molar-refractivity contribution in [3.05, 3.63) is 24.4 Å². The first-order chi connectivity index (χ1) is 10.8. The summed E-state index contributed by atoms with van der Waals surface area (Å²) in [6.07, 6.45) is 5.13. The van der Waals surface area contributed by atoms with Crippen LogP contribution in [0.5, 0.6) is 0 Å². The van der Waals surface area contributed by atoms with Gasteiger partial charge in [-0.05, 0) is 49.9 Å². The van der Waals surface area contributed by atoms with Crippen LogP contribution in [0.3, 0.4) is 0 Å². The van der Waals surface area contributed by atoms with E-state index < -0.39 is 0 Å². The van der Waals surface area contributed by atoms with Crippen molar-refractivity contribution in [3.8, 4) is 0 Å². The van der Waals surface area contributed by atoms with E-state index in [1.54, 1.807) is 18.0 Å². The molecule has 0 radical (unpaired) electrons. The summed E-state index contributed by atoms with van der Waals surface area (Å²) >= 11 is 1.67. The van der Waals surface area contributed by atoms with Crippen molar-refractivity contribution >= 4 is 17.7 Å². The summed E-state index contributed by atoms with van der Waals surface area (Å²) in [7, 11) is 0. The number of rotatable bonds is 5. The topological polar surface area (TPSA) is 66.0 Å². The van der Waals surface area contributed by atoms with Crippen molar-refractivity contribution in [3.63, 3.8) is 0 Å². The highest BCUT2D eigenvalue weighted by atomic mass is 32.2. The molecule has 1 aromatic rings. The first-order valence-electron chi connectivity index (χ1n) is 8.03. The average Bonchev–Trinajstić information content (AvgIpc) is 2.97. The van der Waals surface area contributed by atoms with Gasteiger partial charge in [-0.2, -0.15) is 0 Å². The van der Waals surface area contributed by atoms with E-state index >= 15 is 0 Å². The first-order valence-corrected chi connectivity index (χ1v) is 9.02. The van der Waals surface area contributed by atoms with Crippen LogP contribution in [0.1, 0.15) is 19.3 Å². The normalized spacial score (nSPS) is 23.5. The largest absolute Gasteiger partial charge is 0.354 e. The van der Waals surface area contributed by atoms with Gasteiger partial charge in [0.05, 0.1) is 11.1 Å². The molecule has 2 aliphatic rings. The van der Waals surface area contributed by atoms with Crippen LogP contribution < -0.4 is 16.0 Å². The number of amides is 1. The Bertz CT molecular complexity index is 490. The molecule has 120 valence electrons. The smallest absolute Gasteiger partial charge is 0.237 e. The predicted molar refractivity (Wildman–Crippen MR) is 88.9 cm³/mol. The molecule has 6 heteroatoms. The number of nitrogens with zero attached hydrogens (tertiary/aromatic N) is 1. The summed E-state index contributed by atoms with van der Waals surface area (Å²) < 4.78 is 0. The summed E-state index contributed by atoms with van der Waals surface area (Å²) in [5.74, 6) is 1.00. The van der Waals surface area contributed by atoms with Gasteiger partial charge in [-0.3, -0.25) is 4.79 Å². The molecule has 0 bridgehead atoms. The molecular weight excluding hydrogens is 296 g/mol. The van der Waals surface area contributed by atoms with Crippen molar-refractivity contribution in [2.75, 3.05) is 31.9 Å². The van der Waals surface area contributed by atoms with E-state index in [0.717, 1.165) is 36.8 Å². The van der Waals surface area contributed by atoms with Gasteiger partial charge in [-0.25, -0.2) is 4.98 Å². The van der Waals surface area contributed by atoms with E-state index in [2.05, 4.69) is 20.9 Å². The number of thioether (sulfide) groups is 1. The molecular formula is C16H24N4OS. The Balaban J connectivity index is 1.37. The molecule has 0 aromatic carbocycles. The van der Waals surface area contributed by atoms with Crippen LogP contribution in [0, 0.1) is 5.41 Å². The van der Waals surface area contributed by atoms with Gasteiger partial charge in [0, 0.05) is 25.0 Å². The Morgan fingerprint density at radius 2 is 2.27 bits per heavy atom. The highest BCUT2D eigenvalue weighted by Crippen LogP contribution is 2.37. The fourth-order valence-corrected chi connectivity index (χ4v) is 4.05. The van der Waals surface area contributed by atoms with Gasteiger partial charge in [0.1, 0.15) is 0 Å². The molecule has 22 heavy (non-hydrogen) atoms. The SMILES string of the molecule is O=C(NCCSc1ccccn1)[C@H]1CC2(CCNCC2)CN1. The van der Waals surface area contributed by atoms with E-state index in [0.29, 0.717) is 12.0 Å². The lowest BCUT2D eigenvalue weighted by molar-refractivity contribution is -0.122. The van der Waals surface area contributed by atoms with E-state index in [4.69, 9.17) is 0 Å². The van der Waals surface area contributed by atoms with Crippen LogP contribution in [0.4, 0.5) is 0 Å². The number of hydrogen-bond donors (Lipinski definition) is 3. The second-order valence-electron chi connectivity index (χ2n) is 6.20. The monoisotopic (exact) mass is 320 g/mol. The third kappa shape index (κ3) is 4.00. The Labute approximate surface area is 136 Å². The molecule has 3 N–H and O–H groups in total. The van der Waals surface area contributed by atoms with E-state index in [9.17, 15) is 4.79 Å². The lowest BCUT2D eigenvalue weighted by Gasteiger charge is -2.33. The molecule has 1 spiro atoms. The van der Waals surface area contributed by atoms with Crippen molar-refractivity contribution in [1.29, 1.82) is 0 Å². The number of carbonyl (C=O) groups excluding carboxylic acids is 1. The third-order valence-corrected chi connectivity index (χ3v) is 5.58. The van der Waals surface area contributed by atoms with E-state index in [1.807, 2.05) is 18.2 Å². The third-order valence-electron chi connectivity index (χ3n) is 4.63. The highest BCUT2D eigenvalue weighted by Gasteiger charge is 2.41. The van der Waals surface area contributed by atoms with Crippen LogP contribution in [0.2, 0.25) is 0 Å². The van der Waals surface area contributed by atoms with E-state index in [1.165, 1.54) is 12.8 Å². The maximum absolute atomic E-state index is 12.3. The molecule has 3 heterocycles. The zero-order valence-corrected chi connectivity index (χ0v) is 13.6. The number of nitrogens with one attached hydrogen (secondary N) is 3. The minimum Gasteiger partial charge on any atom is -0.354 e. The van der Waals surface area contributed by atoms with Crippen molar-refractivity contribution in [2.24, 2.45) is 5.41 Å². The summed E-state index contributed by atoms with van der Waals surface area (Å²) in [4.78, 5) is 16.5. The molecule has 1 atom stereocenters. The zero-order valence-electron chi connectivity index (χ0n) is 12.8. The second-order valence-corrected chi connectivity index (χ2v) is 7.31. The minimum atomic E-state index is -0.0158. The molecule has 2 aliphatic heterocycles. The fraction of sp³-hybridized carbons (Fsp3) is 0.625. The van der Waals surface area contributed by atoms with Crippen molar-refractivity contribution in [2.45, 2.75) is 30.3 Å². The Morgan fingerprint density at radius 1 is 1.41 bits per heavy atom. The standard InChI is InChI=1S/C16H24N4OS/c21-15(19-9-10-22-14-3-1-2-6-18-14)13-11-16(12-20-13)4-7-17-8-5-16/h1-3,6,13,17,20H,4-5,7-12H2,(H,19,21)/t13-/m1/s1. The molecule has 0 saturated carbocycles. The maximum Gasteiger partial charge on any atom is 0.237 e. The lowest BCUT2D eigenvalue weighted by atomic mass is 9.77. The highest BCUT2D eigenvalue weighted by molar-refractivity contribution is 7.99. The van der Waals surface area contributed by atoms with Crippen molar-refractivity contribution in [1.82, 2.24) is 20.9 Å². The molecule has 1 aromatic heterocycles. The molecule has 0 unspecified atom stereocenters.